The smallest absolute Gasteiger partial charge is 0.338 e. The molecule has 7 nitrogen and oxygen atoms in total. The van der Waals surface area contributed by atoms with Crippen molar-refractivity contribution in [2.75, 3.05) is 19.6 Å². The van der Waals surface area contributed by atoms with Crippen molar-refractivity contribution in [3.05, 3.63) is 23.4 Å². The van der Waals surface area contributed by atoms with E-state index in [0.717, 1.165) is 0 Å². The predicted octanol–water partition coefficient (Wildman–Crippen LogP) is 1.02. The molecule has 0 fully saturated rings. The highest BCUT2D eigenvalue weighted by Gasteiger charge is 2.14. The Bertz CT molecular complexity index is 642. The number of carbonyl (C=O) groups excluding carboxylic acids is 1. The van der Waals surface area contributed by atoms with Crippen molar-refractivity contribution in [2.45, 2.75) is 6.92 Å². The van der Waals surface area contributed by atoms with Crippen molar-refractivity contribution in [1.29, 1.82) is 0 Å². The number of nitrogens with one attached hydrogen (secondary N) is 1. The molecule has 0 bridgehead atoms. The Morgan fingerprint density at radius 2 is 2.05 bits per heavy atom. The first-order valence-corrected chi connectivity index (χ1v) is 5.52. The minimum Gasteiger partial charge on any atom is -0.494 e. The Morgan fingerprint density at radius 1 is 1.32 bits per heavy atom. The van der Waals surface area contributed by atoms with Crippen LogP contribution in [0.4, 0.5) is 5.82 Å². The molecule has 2 aromatic rings. The van der Waals surface area contributed by atoms with Crippen LogP contribution in [0.2, 0.25) is 0 Å². The summed E-state index contributed by atoms with van der Waals surface area (Å²) in [6.07, 6.45) is 0. The summed E-state index contributed by atoms with van der Waals surface area (Å²) in [4.78, 5) is 20.2. The van der Waals surface area contributed by atoms with Gasteiger partial charge in [0, 0.05) is 0 Å². The van der Waals surface area contributed by atoms with E-state index < -0.39 is 5.97 Å². The van der Waals surface area contributed by atoms with Gasteiger partial charge in [0.1, 0.15) is 11.3 Å². The molecule has 0 aliphatic carbocycles. The first-order chi connectivity index (χ1) is 9.10. The maximum Gasteiger partial charge on any atom is 0.338 e. The van der Waals surface area contributed by atoms with Gasteiger partial charge in [0.05, 0.1) is 31.0 Å². The molecule has 0 aliphatic heterocycles. The van der Waals surface area contributed by atoms with Crippen LogP contribution in [0.3, 0.4) is 0 Å². The number of benzene rings is 1. The van der Waals surface area contributed by atoms with E-state index in [9.17, 15) is 4.79 Å². The molecule has 0 atom stereocenters. The van der Waals surface area contributed by atoms with Gasteiger partial charge in [-0.1, -0.05) is 0 Å². The fraction of sp³-hybridized carbons (Fsp3) is 0.250. The second-order valence-electron chi connectivity index (χ2n) is 3.84. The number of carbonyl (C=O) groups is 1. The quantitative estimate of drug-likeness (QED) is 0.484. The number of hydrogen-bond acceptors (Lipinski definition) is 7. The van der Waals surface area contributed by atoms with E-state index in [1.54, 1.807) is 19.1 Å². The summed E-state index contributed by atoms with van der Waals surface area (Å²) >= 11 is 0. The van der Waals surface area contributed by atoms with E-state index in [1.165, 1.54) is 14.2 Å². The monoisotopic (exact) mass is 262 g/mol. The molecule has 2 rings (SSSR count). The van der Waals surface area contributed by atoms with Gasteiger partial charge in [0.2, 0.25) is 0 Å². The second kappa shape index (κ2) is 5.07. The maximum atomic E-state index is 11.6. The van der Waals surface area contributed by atoms with Gasteiger partial charge in [0.15, 0.2) is 5.82 Å². The molecule has 1 aromatic carbocycles. The number of fused-ring (bicyclic) bond motifs is 1. The van der Waals surface area contributed by atoms with Crippen LogP contribution >= 0.6 is 0 Å². The van der Waals surface area contributed by atoms with Crippen LogP contribution in [0.5, 0.6) is 5.75 Å². The van der Waals surface area contributed by atoms with Crippen molar-refractivity contribution in [3.8, 4) is 5.75 Å². The van der Waals surface area contributed by atoms with E-state index in [2.05, 4.69) is 20.1 Å². The van der Waals surface area contributed by atoms with Crippen LogP contribution in [0.1, 0.15) is 16.1 Å². The van der Waals surface area contributed by atoms with Crippen LogP contribution in [0, 0.1) is 6.92 Å². The lowest BCUT2D eigenvalue weighted by atomic mass is 10.1. The van der Waals surface area contributed by atoms with Crippen LogP contribution < -0.4 is 16.0 Å². The highest BCUT2D eigenvalue weighted by atomic mass is 16.5. The van der Waals surface area contributed by atoms with Crippen molar-refractivity contribution in [1.82, 2.24) is 9.97 Å². The molecule has 0 unspecified atom stereocenters. The third kappa shape index (κ3) is 2.27. The van der Waals surface area contributed by atoms with Gasteiger partial charge in [-0.05, 0) is 19.1 Å². The Morgan fingerprint density at radius 3 is 2.63 bits per heavy atom. The largest absolute Gasteiger partial charge is 0.494 e. The number of aromatic nitrogens is 2. The van der Waals surface area contributed by atoms with Crippen molar-refractivity contribution >= 4 is 22.8 Å². The Hall–Kier alpha value is -2.41. The molecule has 19 heavy (non-hydrogen) atoms. The van der Waals surface area contributed by atoms with Gasteiger partial charge >= 0.3 is 5.97 Å². The number of ether oxygens (including phenoxy) is 2. The molecule has 0 radical (unpaired) electrons. The Balaban J connectivity index is 2.74. The number of nitrogen functional groups attached to an aromatic ring is 1. The lowest BCUT2D eigenvalue weighted by Gasteiger charge is -2.10. The number of rotatable bonds is 3. The van der Waals surface area contributed by atoms with Crippen LogP contribution in [-0.2, 0) is 4.74 Å². The van der Waals surface area contributed by atoms with E-state index >= 15 is 0 Å². The number of anilines is 1. The zero-order chi connectivity index (χ0) is 14.0. The van der Waals surface area contributed by atoms with E-state index in [-0.39, 0.29) is 0 Å². The van der Waals surface area contributed by atoms with E-state index in [4.69, 9.17) is 10.6 Å². The van der Waals surface area contributed by atoms with Crippen LogP contribution in [-0.4, -0.2) is 30.2 Å². The van der Waals surface area contributed by atoms with E-state index in [0.29, 0.717) is 33.9 Å². The number of nitrogens with zero attached hydrogens (tertiary/aromatic N) is 2. The highest BCUT2D eigenvalue weighted by Crippen LogP contribution is 2.27. The molecule has 1 heterocycles. The number of aryl methyl sites for hydroxylation is 1. The number of hydrazine groups is 1. The summed E-state index contributed by atoms with van der Waals surface area (Å²) < 4.78 is 9.91. The van der Waals surface area contributed by atoms with Gasteiger partial charge in [-0.2, -0.15) is 0 Å². The predicted molar refractivity (Wildman–Crippen MR) is 70.0 cm³/mol. The molecule has 0 aliphatic rings. The molecule has 0 amide bonds. The first kappa shape index (κ1) is 13.0. The molecule has 7 heteroatoms. The molecule has 3 N–H and O–H groups in total. The average molecular weight is 262 g/mol. The molecular weight excluding hydrogens is 248 g/mol. The van der Waals surface area contributed by atoms with E-state index in [1.807, 2.05) is 0 Å². The summed E-state index contributed by atoms with van der Waals surface area (Å²) in [6.45, 7) is 1.77. The van der Waals surface area contributed by atoms with Gasteiger partial charge in [-0.25, -0.2) is 20.6 Å². The van der Waals surface area contributed by atoms with Crippen LogP contribution in [0.25, 0.3) is 11.0 Å². The third-order valence-electron chi connectivity index (χ3n) is 2.69. The third-order valence-corrected chi connectivity index (χ3v) is 2.69. The summed E-state index contributed by atoms with van der Waals surface area (Å²) in [7, 11) is 2.81. The summed E-state index contributed by atoms with van der Waals surface area (Å²) in [5, 5.41) is 0. The molecule has 100 valence electrons. The number of esters is 1. The second-order valence-corrected chi connectivity index (χ2v) is 3.84. The summed E-state index contributed by atoms with van der Waals surface area (Å²) in [6, 6.07) is 3.15. The Kier molecular flexibility index (Phi) is 3.48. The normalized spacial score (nSPS) is 10.3. The first-order valence-electron chi connectivity index (χ1n) is 5.52. The SMILES string of the molecule is COC(=O)c1cc(OC)c2nc(C)c(NN)nc2c1. The summed E-state index contributed by atoms with van der Waals surface area (Å²) in [5.74, 6) is 5.79. The molecule has 0 saturated carbocycles. The standard InChI is InChI=1S/C12H14N4O3/c1-6-11(16-13)15-8-4-7(12(17)19-3)5-9(18-2)10(8)14-6/h4-5H,13H2,1-3H3,(H,15,16). The topological polar surface area (TPSA) is 99.4 Å². The fourth-order valence-corrected chi connectivity index (χ4v) is 1.74. The number of nitrogens with two attached hydrogens (primary N) is 1. The maximum absolute atomic E-state index is 11.6. The zero-order valence-electron chi connectivity index (χ0n) is 10.9. The molecule has 1 aromatic heterocycles. The number of hydrogen-bond donors (Lipinski definition) is 2. The van der Waals surface area contributed by atoms with Gasteiger partial charge in [0.25, 0.3) is 0 Å². The fourth-order valence-electron chi connectivity index (χ4n) is 1.74. The zero-order valence-corrected chi connectivity index (χ0v) is 10.9. The van der Waals surface area contributed by atoms with Crippen LogP contribution in [0.15, 0.2) is 12.1 Å². The number of methoxy groups -OCH3 is 2. The highest BCUT2D eigenvalue weighted by molar-refractivity contribution is 5.96. The van der Waals surface area contributed by atoms with Crippen molar-refractivity contribution in [2.24, 2.45) is 5.84 Å². The van der Waals surface area contributed by atoms with Gasteiger partial charge in [-0.15, -0.1) is 0 Å². The molecule has 0 saturated heterocycles. The minimum atomic E-state index is -0.468. The molecular formula is C12H14N4O3. The van der Waals surface area contributed by atoms with Crippen molar-refractivity contribution < 1.29 is 14.3 Å². The molecule has 0 spiro atoms. The lowest BCUT2D eigenvalue weighted by molar-refractivity contribution is 0.0600. The lowest BCUT2D eigenvalue weighted by Crippen LogP contribution is -2.11. The van der Waals surface area contributed by atoms with Gasteiger partial charge in [-0.3, -0.25) is 0 Å². The van der Waals surface area contributed by atoms with Gasteiger partial charge < -0.3 is 14.9 Å². The minimum absolute atomic E-state index is 0.341. The Labute approximate surface area is 109 Å². The summed E-state index contributed by atoms with van der Waals surface area (Å²) in [5.41, 5.74) is 4.50. The average Bonchev–Trinajstić information content (AvgIpc) is 2.44. The van der Waals surface area contributed by atoms with Crippen molar-refractivity contribution in [3.63, 3.8) is 0 Å².